The smallest absolute Gasteiger partial charge is 0.277 e. The average Bonchev–Trinajstić information content (AvgIpc) is 2.39. The summed E-state index contributed by atoms with van der Waals surface area (Å²) in [5.41, 5.74) is 0.408. The van der Waals surface area contributed by atoms with E-state index in [1.54, 1.807) is 36.4 Å². The second kappa shape index (κ2) is 5.91. The van der Waals surface area contributed by atoms with Crippen molar-refractivity contribution >= 4 is 28.9 Å². The maximum Gasteiger partial charge on any atom is 0.277 e. The molecule has 0 fully saturated rings. The molecule has 19 heavy (non-hydrogen) atoms. The molecule has 2 aromatic carbocycles. The predicted octanol–water partition coefficient (Wildman–Crippen LogP) is 4.48. The van der Waals surface area contributed by atoms with E-state index in [2.05, 4.69) is 0 Å². The van der Waals surface area contributed by atoms with Gasteiger partial charge in [0.2, 0.25) is 0 Å². The molecule has 0 spiro atoms. The van der Waals surface area contributed by atoms with Gasteiger partial charge >= 0.3 is 0 Å². The van der Waals surface area contributed by atoms with E-state index in [9.17, 15) is 10.1 Å². The van der Waals surface area contributed by atoms with Gasteiger partial charge in [0.05, 0.1) is 10.5 Å². The molecule has 98 valence electrons. The minimum Gasteiger partial charge on any atom is -0.489 e. The molecule has 0 aliphatic rings. The van der Waals surface area contributed by atoms with Gasteiger partial charge in [0.15, 0.2) is 0 Å². The number of hydrogen-bond donors (Lipinski definition) is 0. The molecular weight excluding hydrogens is 289 g/mol. The first-order valence-electron chi connectivity index (χ1n) is 5.37. The van der Waals surface area contributed by atoms with Gasteiger partial charge in [-0.05, 0) is 36.4 Å². The van der Waals surface area contributed by atoms with Crippen molar-refractivity contribution in [1.29, 1.82) is 0 Å². The van der Waals surface area contributed by atoms with Gasteiger partial charge in [-0.2, -0.15) is 0 Å². The fourth-order valence-corrected chi connectivity index (χ4v) is 1.81. The van der Waals surface area contributed by atoms with Crippen molar-refractivity contribution in [2.24, 2.45) is 0 Å². The van der Waals surface area contributed by atoms with Crippen molar-refractivity contribution in [1.82, 2.24) is 0 Å². The van der Waals surface area contributed by atoms with Crippen molar-refractivity contribution in [2.75, 3.05) is 0 Å². The first-order valence-corrected chi connectivity index (χ1v) is 6.13. The lowest BCUT2D eigenvalue weighted by Crippen LogP contribution is -2.00. The van der Waals surface area contributed by atoms with Gasteiger partial charge in [0, 0.05) is 16.1 Å². The second-order valence-corrected chi connectivity index (χ2v) is 4.65. The molecule has 0 atom stereocenters. The molecule has 0 unspecified atom stereocenters. The van der Waals surface area contributed by atoms with Crippen LogP contribution in [0.3, 0.4) is 0 Å². The van der Waals surface area contributed by atoms with Crippen LogP contribution in [0, 0.1) is 10.1 Å². The van der Waals surface area contributed by atoms with Gasteiger partial charge < -0.3 is 4.74 Å². The Labute approximate surface area is 119 Å². The quantitative estimate of drug-likeness (QED) is 0.617. The Balaban J connectivity index is 2.15. The summed E-state index contributed by atoms with van der Waals surface area (Å²) in [5, 5.41) is 11.8. The number of hydrogen-bond acceptors (Lipinski definition) is 3. The summed E-state index contributed by atoms with van der Waals surface area (Å²) in [6.45, 7) is 0.0924. The van der Waals surface area contributed by atoms with E-state index < -0.39 is 4.92 Å². The van der Waals surface area contributed by atoms with E-state index in [1.165, 1.54) is 6.07 Å². The molecule has 0 N–H and O–H groups in total. The average molecular weight is 298 g/mol. The lowest BCUT2D eigenvalue weighted by Gasteiger charge is -2.07. The summed E-state index contributed by atoms with van der Waals surface area (Å²) in [4.78, 5) is 10.4. The molecule has 2 aromatic rings. The van der Waals surface area contributed by atoms with Gasteiger partial charge in [-0.15, -0.1) is 0 Å². The van der Waals surface area contributed by atoms with Gasteiger partial charge in [0.25, 0.3) is 5.69 Å². The molecule has 0 amide bonds. The van der Waals surface area contributed by atoms with Gasteiger partial charge in [-0.1, -0.05) is 23.2 Å². The van der Waals surface area contributed by atoms with Crippen LogP contribution in [0.4, 0.5) is 5.69 Å². The summed E-state index contributed by atoms with van der Waals surface area (Å²) in [5.74, 6) is 0.591. The fraction of sp³-hybridized carbons (Fsp3) is 0.0769. The van der Waals surface area contributed by atoms with Crippen LogP contribution < -0.4 is 4.74 Å². The van der Waals surface area contributed by atoms with Gasteiger partial charge in [-0.3, -0.25) is 10.1 Å². The first-order chi connectivity index (χ1) is 9.06. The largest absolute Gasteiger partial charge is 0.489 e. The fourth-order valence-electron chi connectivity index (χ4n) is 1.52. The summed E-state index contributed by atoms with van der Waals surface area (Å²) < 4.78 is 5.47. The van der Waals surface area contributed by atoms with E-state index in [1.807, 2.05) is 0 Å². The van der Waals surface area contributed by atoms with E-state index in [-0.39, 0.29) is 12.3 Å². The van der Waals surface area contributed by atoms with Crippen molar-refractivity contribution in [3.63, 3.8) is 0 Å². The van der Waals surface area contributed by atoms with Crippen LogP contribution in [0.15, 0.2) is 42.5 Å². The maximum absolute atomic E-state index is 10.9. The minimum absolute atomic E-state index is 0.0542. The van der Waals surface area contributed by atoms with Crippen molar-refractivity contribution < 1.29 is 9.66 Å². The topological polar surface area (TPSA) is 52.4 Å². The van der Waals surface area contributed by atoms with Crippen LogP contribution >= 0.6 is 23.2 Å². The Morgan fingerprint density at radius 1 is 1.05 bits per heavy atom. The lowest BCUT2D eigenvalue weighted by molar-refractivity contribution is -0.385. The van der Waals surface area contributed by atoms with Crippen LogP contribution in [-0.2, 0) is 6.61 Å². The second-order valence-electron chi connectivity index (χ2n) is 3.77. The standard InChI is InChI=1S/C13H9Cl2NO3/c14-10-3-5-12(6-4-10)19-8-9-1-2-11(15)7-13(9)16(17)18/h1-7H,8H2. The Kier molecular flexibility index (Phi) is 4.24. The predicted molar refractivity (Wildman–Crippen MR) is 73.9 cm³/mol. The zero-order chi connectivity index (χ0) is 13.8. The monoisotopic (exact) mass is 297 g/mol. The molecule has 2 rings (SSSR count). The molecular formula is C13H9Cl2NO3. The maximum atomic E-state index is 10.9. The van der Waals surface area contributed by atoms with Gasteiger partial charge in [-0.25, -0.2) is 0 Å². The van der Waals surface area contributed by atoms with E-state index in [0.29, 0.717) is 21.4 Å². The highest BCUT2D eigenvalue weighted by molar-refractivity contribution is 6.31. The van der Waals surface area contributed by atoms with E-state index >= 15 is 0 Å². The summed E-state index contributed by atoms with van der Waals surface area (Å²) in [7, 11) is 0. The molecule has 0 aliphatic carbocycles. The molecule has 0 heterocycles. The van der Waals surface area contributed by atoms with Crippen LogP contribution in [0.5, 0.6) is 5.75 Å². The Bertz CT molecular complexity index is 599. The number of nitro groups is 1. The first kappa shape index (κ1) is 13.6. The number of nitro benzene ring substituents is 1. The molecule has 0 aromatic heterocycles. The molecule has 0 saturated carbocycles. The van der Waals surface area contributed by atoms with Gasteiger partial charge in [0.1, 0.15) is 12.4 Å². The number of halogens is 2. The summed E-state index contributed by atoms with van der Waals surface area (Å²) in [6.07, 6.45) is 0. The minimum atomic E-state index is -0.480. The third kappa shape index (κ3) is 3.59. The van der Waals surface area contributed by atoms with Crippen molar-refractivity contribution in [2.45, 2.75) is 6.61 Å². The number of nitrogens with zero attached hydrogens (tertiary/aromatic N) is 1. The van der Waals surface area contributed by atoms with Crippen LogP contribution in [-0.4, -0.2) is 4.92 Å². The van der Waals surface area contributed by atoms with Crippen LogP contribution in [0.1, 0.15) is 5.56 Å². The van der Waals surface area contributed by atoms with E-state index in [0.717, 1.165) is 0 Å². The highest BCUT2D eigenvalue weighted by Gasteiger charge is 2.14. The zero-order valence-corrected chi connectivity index (χ0v) is 11.2. The number of benzene rings is 2. The molecule has 0 radical (unpaired) electrons. The molecule has 0 bridgehead atoms. The lowest BCUT2D eigenvalue weighted by atomic mass is 10.2. The van der Waals surface area contributed by atoms with Crippen molar-refractivity contribution in [3.05, 3.63) is 68.2 Å². The molecule has 4 nitrogen and oxygen atoms in total. The summed E-state index contributed by atoms with van der Waals surface area (Å²) >= 11 is 11.5. The van der Waals surface area contributed by atoms with Crippen molar-refractivity contribution in [3.8, 4) is 5.75 Å². The summed E-state index contributed by atoms with van der Waals surface area (Å²) in [6, 6.07) is 11.3. The molecule has 0 aliphatic heterocycles. The Morgan fingerprint density at radius 2 is 1.68 bits per heavy atom. The third-order valence-electron chi connectivity index (χ3n) is 2.45. The Hall–Kier alpha value is -1.78. The SMILES string of the molecule is O=[N+]([O-])c1cc(Cl)ccc1COc1ccc(Cl)cc1. The highest BCUT2D eigenvalue weighted by Crippen LogP contribution is 2.25. The third-order valence-corrected chi connectivity index (χ3v) is 2.94. The normalized spacial score (nSPS) is 10.2. The highest BCUT2D eigenvalue weighted by atomic mass is 35.5. The zero-order valence-electron chi connectivity index (χ0n) is 9.68. The van der Waals surface area contributed by atoms with Crippen LogP contribution in [0.2, 0.25) is 10.0 Å². The molecule has 0 saturated heterocycles. The molecule has 6 heteroatoms. The van der Waals surface area contributed by atoms with E-state index in [4.69, 9.17) is 27.9 Å². The number of rotatable bonds is 4. The number of ether oxygens (including phenoxy) is 1. The van der Waals surface area contributed by atoms with Crippen LogP contribution in [0.25, 0.3) is 0 Å². The Morgan fingerprint density at radius 3 is 2.32 bits per heavy atom.